The molecule has 2 aromatic heterocycles. The Kier molecular flexibility index (Phi) is 4.85. The Morgan fingerprint density at radius 1 is 1.11 bits per heavy atom. The average Bonchev–Trinajstić information content (AvgIpc) is 3.13. The third-order valence-electron chi connectivity index (χ3n) is 5.19. The first-order valence-electron chi connectivity index (χ1n) is 9.63. The number of piperazine rings is 1. The molecule has 0 spiro atoms. The van der Waals surface area contributed by atoms with Crippen LogP contribution < -0.4 is 10.2 Å². The van der Waals surface area contributed by atoms with Gasteiger partial charge in [0.05, 0.1) is 11.9 Å². The average molecular weight is 379 g/mol. The first-order valence-corrected chi connectivity index (χ1v) is 9.63. The minimum atomic E-state index is -0.0491. The Bertz CT molecular complexity index is 1000. The Morgan fingerprint density at radius 3 is 2.64 bits per heavy atom. The van der Waals surface area contributed by atoms with Crippen molar-refractivity contribution in [3.05, 3.63) is 47.4 Å². The topological polar surface area (TPSA) is 78.7 Å². The number of nitrogens with one attached hydrogen (secondary N) is 1. The molecule has 3 heterocycles. The lowest BCUT2D eigenvalue weighted by molar-refractivity contribution is 0.208. The molecular weight excluding hydrogens is 354 g/mol. The Balaban J connectivity index is 1.40. The van der Waals surface area contributed by atoms with Crippen molar-refractivity contribution < 1.29 is 4.79 Å². The summed E-state index contributed by atoms with van der Waals surface area (Å²) in [6, 6.07) is 8.04. The molecular formula is C20H25N7O. The van der Waals surface area contributed by atoms with Crippen molar-refractivity contribution in [1.82, 2.24) is 24.7 Å². The zero-order valence-electron chi connectivity index (χ0n) is 16.5. The number of rotatable bonds is 3. The summed E-state index contributed by atoms with van der Waals surface area (Å²) in [5.41, 5.74) is 4.84. The van der Waals surface area contributed by atoms with Gasteiger partial charge in [-0.05, 0) is 31.0 Å². The van der Waals surface area contributed by atoms with Crippen LogP contribution in [0.2, 0.25) is 0 Å². The second kappa shape index (κ2) is 7.46. The van der Waals surface area contributed by atoms with Crippen LogP contribution in [0.3, 0.4) is 0 Å². The first-order chi connectivity index (χ1) is 13.5. The number of carbonyl (C=O) groups is 1. The lowest BCUT2D eigenvalue weighted by Gasteiger charge is -2.35. The number of fused-ring (bicyclic) bond motifs is 1. The van der Waals surface area contributed by atoms with Crippen LogP contribution in [-0.2, 0) is 6.42 Å². The number of hydrogen-bond donors (Lipinski definition) is 1. The fraction of sp³-hybridized carbons (Fsp3) is 0.400. The third kappa shape index (κ3) is 3.49. The SMILES string of the molecule is CCc1nnc2cc(N3CCN(C(=O)Nc4cc(C)ccc4C)CC3)cnn12. The summed E-state index contributed by atoms with van der Waals surface area (Å²) in [7, 11) is 0. The standard InChI is InChI=1S/C20H25N7O/c1-4-18-23-24-19-12-16(13-21-27(18)19)25-7-9-26(10-8-25)20(28)22-17-11-14(2)5-6-15(17)3/h5-6,11-13H,4,7-10H2,1-3H3,(H,22,28). The van der Waals surface area contributed by atoms with Crippen molar-refractivity contribution in [2.75, 3.05) is 36.4 Å². The predicted octanol–water partition coefficient (Wildman–Crippen LogP) is 2.66. The highest BCUT2D eigenvalue weighted by Crippen LogP contribution is 2.20. The molecule has 0 saturated carbocycles. The highest BCUT2D eigenvalue weighted by Gasteiger charge is 2.22. The van der Waals surface area contributed by atoms with Gasteiger partial charge in [-0.3, -0.25) is 0 Å². The monoisotopic (exact) mass is 379 g/mol. The molecule has 8 heteroatoms. The van der Waals surface area contributed by atoms with Gasteiger partial charge in [0.25, 0.3) is 0 Å². The summed E-state index contributed by atoms with van der Waals surface area (Å²) < 4.78 is 1.78. The number of benzene rings is 1. The van der Waals surface area contributed by atoms with Crippen molar-refractivity contribution in [3.63, 3.8) is 0 Å². The van der Waals surface area contributed by atoms with E-state index in [1.165, 1.54) is 0 Å². The van der Waals surface area contributed by atoms with Crippen molar-refractivity contribution in [2.24, 2.45) is 0 Å². The minimum absolute atomic E-state index is 0.0491. The Hall–Kier alpha value is -3.16. The van der Waals surface area contributed by atoms with Crippen LogP contribution in [0.1, 0.15) is 23.9 Å². The minimum Gasteiger partial charge on any atom is -0.367 e. The molecule has 28 heavy (non-hydrogen) atoms. The van der Waals surface area contributed by atoms with Crippen LogP contribution in [0, 0.1) is 13.8 Å². The van der Waals surface area contributed by atoms with Crippen molar-refractivity contribution >= 4 is 23.1 Å². The van der Waals surface area contributed by atoms with Crippen LogP contribution in [0.15, 0.2) is 30.5 Å². The third-order valence-corrected chi connectivity index (χ3v) is 5.19. The smallest absolute Gasteiger partial charge is 0.321 e. The summed E-state index contributed by atoms with van der Waals surface area (Å²) in [6.45, 7) is 8.90. The lowest BCUT2D eigenvalue weighted by atomic mass is 10.1. The summed E-state index contributed by atoms with van der Waals surface area (Å²) in [5.74, 6) is 0.856. The van der Waals surface area contributed by atoms with Crippen LogP contribution in [0.25, 0.3) is 5.65 Å². The number of carbonyl (C=O) groups excluding carboxylic acids is 1. The highest BCUT2D eigenvalue weighted by atomic mass is 16.2. The molecule has 1 N–H and O–H groups in total. The molecule has 2 amide bonds. The van der Waals surface area contributed by atoms with Crippen LogP contribution >= 0.6 is 0 Å². The molecule has 8 nitrogen and oxygen atoms in total. The Morgan fingerprint density at radius 2 is 1.89 bits per heavy atom. The van der Waals surface area contributed by atoms with E-state index in [-0.39, 0.29) is 6.03 Å². The molecule has 0 atom stereocenters. The summed E-state index contributed by atoms with van der Waals surface area (Å²) >= 11 is 0. The molecule has 146 valence electrons. The first kappa shape index (κ1) is 18.2. The number of aromatic nitrogens is 4. The largest absolute Gasteiger partial charge is 0.367 e. The number of anilines is 2. The molecule has 3 aromatic rings. The van der Waals surface area contributed by atoms with E-state index < -0.39 is 0 Å². The summed E-state index contributed by atoms with van der Waals surface area (Å²) in [5, 5.41) is 15.9. The summed E-state index contributed by atoms with van der Waals surface area (Å²) in [4.78, 5) is 16.7. The number of hydrogen-bond acceptors (Lipinski definition) is 5. The van der Waals surface area contributed by atoms with E-state index in [0.717, 1.165) is 53.5 Å². The molecule has 0 bridgehead atoms. The van der Waals surface area contributed by atoms with Gasteiger partial charge in [0, 0.05) is 44.4 Å². The van der Waals surface area contributed by atoms with Gasteiger partial charge in [0.2, 0.25) is 0 Å². The number of aryl methyl sites for hydroxylation is 3. The molecule has 1 aliphatic rings. The van der Waals surface area contributed by atoms with E-state index in [2.05, 4.69) is 25.5 Å². The van der Waals surface area contributed by atoms with Gasteiger partial charge in [0.15, 0.2) is 11.5 Å². The van der Waals surface area contributed by atoms with E-state index in [4.69, 9.17) is 0 Å². The van der Waals surface area contributed by atoms with Crippen LogP contribution in [-0.4, -0.2) is 56.9 Å². The molecule has 1 aliphatic heterocycles. The van der Waals surface area contributed by atoms with Gasteiger partial charge in [-0.2, -0.15) is 9.61 Å². The zero-order chi connectivity index (χ0) is 19.7. The van der Waals surface area contributed by atoms with E-state index in [9.17, 15) is 4.79 Å². The van der Waals surface area contributed by atoms with Crippen molar-refractivity contribution in [1.29, 1.82) is 0 Å². The maximum Gasteiger partial charge on any atom is 0.321 e. The molecule has 4 rings (SSSR count). The van der Waals surface area contributed by atoms with Gasteiger partial charge in [-0.1, -0.05) is 19.1 Å². The van der Waals surface area contributed by atoms with Crippen molar-refractivity contribution in [2.45, 2.75) is 27.2 Å². The molecule has 0 unspecified atom stereocenters. The zero-order valence-corrected chi connectivity index (χ0v) is 16.5. The lowest BCUT2D eigenvalue weighted by Crippen LogP contribution is -2.50. The number of nitrogens with zero attached hydrogens (tertiary/aromatic N) is 6. The quantitative estimate of drug-likeness (QED) is 0.757. The normalized spacial score (nSPS) is 14.5. The van der Waals surface area contributed by atoms with E-state index >= 15 is 0 Å². The molecule has 0 radical (unpaired) electrons. The number of amides is 2. The van der Waals surface area contributed by atoms with E-state index in [0.29, 0.717) is 13.1 Å². The number of urea groups is 1. The fourth-order valence-corrected chi connectivity index (χ4v) is 3.45. The van der Waals surface area contributed by atoms with Gasteiger partial charge in [-0.15, -0.1) is 10.2 Å². The van der Waals surface area contributed by atoms with E-state index in [1.54, 1.807) is 4.52 Å². The van der Waals surface area contributed by atoms with Gasteiger partial charge in [0.1, 0.15) is 0 Å². The van der Waals surface area contributed by atoms with Gasteiger partial charge >= 0.3 is 6.03 Å². The van der Waals surface area contributed by atoms with Gasteiger partial charge < -0.3 is 15.1 Å². The Labute approximate surface area is 164 Å². The maximum absolute atomic E-state index is 12.6. The molecule has 0 aliphatic carbocycles. The molecule has 1 aromatic carbocycles. The predicted molar refractivity (Wildman–Crippen MR) is 109 cm³/mol. The molecule has 1 saturated heterocycles. The second-order valence-electron chi connectivity index (χ2n) is 7.18. The summed E-state index contributed by atoms with van der Waals surface area (Å²) in [6.07, 6.45) is 2.64. The van der Waals surface area contributed by atoms with Crippen molar-refractivity contribution in [3.8, 4) is 0 Å². The van der Waals surface area contributed by atoms with E-state index in [1.807, 2.05) is 56.1 Å². The maximum atomic E-state index is 12.6. The van der Waals surface area contributed by atoms with Gasteiger partial charge in [-0.25, -0.2) is 4.79 Å². The highest BCUT2D eigenvalue weighted by molar-refractivity contribution is 5.90. The fourth-order valence-electron chi connectivity index (χ4n) is 3.45. The van der Waals surface area contributed by atoms with Crippen LogP contribution in [0.4, 0.5) is 16.2 Å². The second-order valence-corrected chi connectivity index (χ2v) is 7.18. The molecule has 1 fully saturated rings. The van der Waals surface area contributed by atoms with Crippen LogP contribution in [0.5, 0.6) is 0 Å².